The molecule has 0 bridgehead atoms. The first-order valence-corrected chi connectivity index (χ1v) is 5.39. The third-order valence-corrected chi connectivity index (χ3v) is 2.90. The van der Waals surface area contributed by atoms with E-state index in [2.05, 4.69) is 14.8 Å². The van der Waals surface area contributed by atoms with Crippen LogP contribution >= 0.6 is 0 Å². The molecule has 92 valence electrons. The molecule has 0 aromatic carbocycles. The highest BCUT2D eigenvalue weighted by Gasteiger charge is 2.27. The van der Waals surface area contributed by atoms with E-state index in [1.807, 2.05) is 0 Å². The maximum Gasteiger partial charge on any atom is 0.276 e. The molecule has 2 rings (SSSR count). The minimum atomic E-state index is -0.186. The molecule has 2 heterocycles. The molecule has 3 N–H and O–H groups in total. The number of nitrogens with zero attached hydrogens (tertiary/aromatic N) is 3. The molecule has 1 atom stereocenters. The molecule has 1 aliphatic heterocycles. The zero-order valence-electron chi connectivity index (χ0n) is 9.24. The van der Waals surface area contributed by atoms with Crippen LogP contribution in [0, 0.1) is 5.92 Å². The lowest BCUT2D eigenvalue weighted by Crippen LogP contribution is -2.44. The smallest absolute Gasteiger partial charge is 0.276 e. The standard InChI is InChI=1S/C10H14N4O3/c11-9(12-16)7-2-1-4-14(6-7)10(15)8-3-5-17-13-8/h3,5,7,16H,1-2,4,6H2,(H2,11,12). The van der Waals surface area contributed by atoms with Crippen molar-refractivity contribution in [1.82, 2.24) is 10.1 Å². The Kier molecular flexibility index (Phi) is 3.27. The van der Waals surface area contributed by atoms with Crippen molar-refractivity contribution in [3.63, 3.8) is 0 Å². The summed E-state index contributed by atoms with van der Waals surface area (Å²) in [4.78, 5) is 13.6. The Labute approximate surface area is 97.9 Å². The van der Waals surface area contributed by atoms with Crippen molar-refractivity contribution in [2.24, 2.45) is 16.8 Å². The van der Waals surface area contributed by atoms with Crippen LogP contribution in [0.1, 0.15) is 23.3 Å². The van der Waals surface area contributed by atoms with Crippen molar-refractivity contribution >= 4 is 11.7 Å². The number of nitrogens with two attached hydrogens (primary N) is 1. The topological polar surface area (TPSA) is 105 Å². The molecule has 0 saturated carbocycles. The summed E-state index contributed by atoms with van der Waals surface area (Å²) < 4.78 is 4.64. The number of oxime groups is 1. The third-order valence-electron chi connectivity index (χ3n) is 2.90. The van der Waals surface area contributed by atoms with Crippen LogP contribution in [0.15, 0.2) is 22.0 Å². The van der Waals surface area contributed by atoms with Crippen LogP contribution in [0.25, 0.3) is 0 Å². The zero-order chi connectivity index (χ0) is 12.3. The maximum absolute atomic E-state index is 12.0. The Morgan fingerprint density at radius 1 is 1.71 bits per heavy atom. The number of rotatable bonds is 2. The normalized spacial score (nSPS) is 21.5. The van der Waals surface area contributed by atoms with Gasteiger partial charge in [-0.2, -0.15) is 0 Å². The van der Waals surface area contributed by atoms with Gasteiger partial charge in [-0.1, -0.05) is 10.3 Å². The van der Waals surface area contributed by atoms with Gasteiger partial charge in [0.05, 0.1) is 0 Å². The van der Waals surface area contributed by atoms with E-state index in [9.17, 15) is 4.79 Å². The predicted octanol–water partition coefficient (Wildman–Crippen LogP) is 0.273. The van der Waals surface area contributed by atoms with Crippen molar-refractivity contribution < 1.29 is 14.5 Å². The number of amidine groups is 1. The number of hydrogen-bond donors (Lipinski definition) is 2. The Bertz CT molecular complexity index is 415. The molecular formula is C10H14N4O3. The fourth-order valence-corrected chi connectivity index (χ4v) is 1.97. The van der Waals surface area contributed by atoms with Gasteiger partial charge >= 0.3 is 0 Å². The molecule has 1 aliphatic rings. The molecule has 1 aromatic heterocycles. The highest BCUT2D eigenvalue weighted by molar-refractivity contribution is 5.92. The Hall–Kier alpha value is -2.05. The van der Waals surface area contributed by atoms with Crippen molar-refractivity contribution in [3.8, 4) is 0 Å². The van der Waals surface area contributed by atoms with Crippen molar-refractivity contribution in [2.45, 2.75) is 12.8 Å². The van der Waals surface area contributed by atoms with E-state index < -0.39 is 0 Å². The predicted molar refractivity (Wildman–Crippen MR) is 58.5 cm³/mol. The number of aromatic nitrogens is 1. The second kappa shape index (κ2) is 4.86. The minimum absolute atomic E-state index is 0.0930. The average Bonchev–Trinajstić information content (AvgIpc) is 2.91. The van der Waals surface area contributed by atoms with Gasteiger partial charge in [0.25, 0.3) is 5.91 Å². The van der Waals surface area contributed by atoms with E-state index in [0.717, 1.165) is 12.8 Å². The molecule has 0 aliphatic carbocycles. The second-order valence-electron chi connectivity index (χ2n) is 4.00. The van der Waals surface area contributed by atoms with Gasteiger partial charge in [0.15, 0.2) is 5.69 Å². The van der Waals surface area contributed by atoms with Gasteiger partial charge in [-0.3, -0.25) is 4.79 Å². The first kappa shape index (κ1) is 11.4. The first-order valence-electron chi connectivity index (χ1n) is 5.39. The monoisotopic (exact) mass is 238 g/mol. The zero-order valence-corrected chi connectivity index (χ0v) is 9.24. The number of likely N-dealkylation sites (tertiary alicyclic amines) is 1. The SMILES string of the molecule is NC(=NO)C1CCCN(C(=O)c2ccon2)C1. The van der Waals surface area contributed by atoms with Crippen LogP contribution in [0.5, 0.6) is 0 Å². The Morgan fingerprint density at radius 2 is 2.53 bits per heavy atom. The molecular weight excluding hydrogens is 224 g/mol. The van der Waals surface area contributed by atoms with E-state index >= 15 is 0 Å². The molecule has 7 heteroatoms. The van der Waals surface area contributed by atoms with E-state index in [-0.39, 0.29) is 23.4 Å². The van der Waals surface area contributed by atoms with Gasteiger partial charge in [-0.15, -0.1) is 0 Å². The molecule has 1 amide bonds. The summed E-state index contributed by atoms with van der Waals surface area (Å²) in [5.74, 6) is -0.110. The van der Waals surface area contributed by atoms with Gasteiger partial charge in [0.2, 0.25) is 0 Å². The largest absolute Gasteiger partial charge is 0.409 e. The average molecular weight is 238 g/mol. The highest BCUT2D eigenvalue weighted by Crippen LogP contribution is 2.18. The summed E-state index contributed by atoms with van der Waals surface area (Å²) in [6.45, 7) is 1.10. The number of hydrogen-bond acceptors (Lipinski definition) is 5. The van der Waals surface area contributed by atoms with Crippen LogP contribution in [-0.2, 0) is 0 Å². The van der Waals surface area contributed by atoms with E-state index in [1.165, 1.54) is 12.3 Å². The van der Waals surface area contributed by atoms with Crippen LogP contribution in [0.2, 0.25) is 0 Å². The Morgan fingerprint density at radius 3 is 3.18 bits per heavy atom. The summed E-state index contributed by atoms with van der Waals surface area (Å²) in [5, 5.41) is 15.2. The lowest BCUT2D eigenvalue weighted by Gasteiger charge is -2.31. The molecule has 1 unspecified atom stereocenters. The number of carbonyl (C=O) groups is 1. The Balaban J connectivity index is 2.05. The van der Waals surface area contributed by atoms with Crippen LogP contribution < -0.4 is 5.73 Å². The number of piperidine rings is 1. The summed E-state index contributed by atoms with van der Waals surface area (Å²) in [7, 11) is 0. The first-order chi connectivity index (χ1) is 8.22. The molecule has 1 aromatic rings. The molecule has 0 radical (unpaired) electrons. The summed E-state index contributed by atoms with van der Waals surface area (Å²) in [6, 6.07) is 1.52. The van der Waals surface area contributed by atoms with Crippen molar-refractivity contribution in [1.29, 1.82) is 0 Å². The summed E-state index contributed by atoms with van der Waals surface area (Å²) in [5.41, 5.74) is 5.84. The summed E-state index contributed by atoms with van der Waals surface area (Å²) >= 11 is 0. The van der Waals surface area contributed by atoms with Crippen LogP contribution in [0.4, 0.5) is 0 Å². The third kappa shape index (κ3) is 2.38. The lowest BCUT2D eigenvalue weighted by molar-refractivity contribution is 0.0691. The van der Waals surface area contributed by atoms with Gasteiger partial charge in [0.1, 0.15) is 12.1 Å². The van der Waals surface area contributed by atoms with E-state index in [4.69, 9.17) is 10.9 Å². The molecule has 17 heavy (non-hydrogen) atoms. The van der Waals surface area contributed by atoms with Crippen LogP contribution in [0.3, 0.4) is 0 Å². The highest BCUT2D eigenvalue weighted by atomic mass is 16.5. The minimum Gasteiger partial charge on any atom is -0.409 e. The number of amides is 1. The molecule has 7 nitrogen and oxygen atoms in total. The molecule has 1 saturated heterocycles. The fourth-order valence-electron chi connectivity index (χ4n) is 1.97. The number of carbonyl (C=O) groups excluding carboxylic acids is 1. The second-order valence-corrected chi connectivity index (χ2v) is 4.00. The van der Waals surface area contributed by atoms with Gasteiger partial charge in [-0.05, 0) is 12.8 Å². The van der Waals surface area contributed by atoms with Crippen molar-refractivity contribution in [2.75, 3.05) is 13.1 Å². The maximum atomic E-state index is 12.0. The lowest BCUT2D eigenvalue weighted by atomic mass is 9.97. The van der Waals surface area contributed by atoms with Crippen LogP contribution in [-0.4, -0.2) is 40.1 Å². The van der Waals surface area contributed by atoms with Gasteiger partial charge in [0, 0.05) is 25.1 Å². The van der Waals surface area contributed by atoms with Crippen molar-refractivity contribution in [3.05, 3.63) is 18.0 Å². The van der Waals surface area contributed by atoms with Gasteiger partial charge in [-0.25, -0.2) is 0 Å². The summed E-state index contributed by atoms with van der Waals surface area (Å²) in [6.07, 6.45) is 3.00. The molecule has 0 spiro atoms. The van der Waals surface area contributed by atoms with E-state index in [0.29, 0.717) is 13.1 Å². The van der Waals surface area contributed by atoms with Gasteiger partial charge < -0.3 is 20.4 Å². The molecule has 1 fully saturated rings. The van der Waals surface area contributed by atoms with E-state index in [1.54, 1.807) is 4.90 Å². The quantitative estimate of drug-likeness (QED) is 0.333. The fraction of sp³-hybridized carbons (Fsp3) is 0.500.